The molecule has 0 unspecified atom stereocenters. The van der Waals surface area contributed by atoms with Crippen LogP contribution in [0.4, 0.5) is 0 Å². The van der Waals surface area contributed by atoms with Crippen LogP contribution in [-0.2, 0) is 11.3 Å². The van der Waals surface area contributed by atoms with Gasteiger partial charge in [0.2, 0.25) is 5.91 Å². The number of carbonyl (C=O) groups is 1. The predicted octanol–water partition coefficient (Wildman–Crippen LogP) is 2.74. The number of halogens is 1. The van der Waals surface area contributed by atoms with Crippen molar-refractivity contribution in [1.82, 2.24) is 9.80 Å². The third-order valence-corrected chi connectivity index (χ3v) is 5.30. The quantitative estimate of drug-likeness (QED) is 0.802. The molecule has 4 heteroatoms. The van der Waals surface area contributed by atoms with Gasteiger partial charge in [-0.1, -0.05) is 30.3 Å². The molecule has 2 fully saturated rings. The van der Waals surface area contributed by atoms with Crippen molar-refractivity contribution in [2.24, 2.45) is 5.41 Å². The SMILES string of the molecule is O=C(CCl)N1CCC2(CCN(Cc3ccccc3)CC2)C1. The number of piperidine rings is 1. The van der Waals surface area contributed by atoms with E-state index in [4.69, 9.17) is 11.6 Å². The second-order valence-corrected chi connectivity index (χ2v) is 6.73. The molecule has 1 amide bonds. The van der Waals surface area contributed by atoms with E-state index in [-0.39, 0.29) is 11.8 Å². The molecule has 2 aliphatic rings. The highest BCUT2D eigenvalue weighted by Crippen LogP contribution is 2.40. The van der Waals surface area contributed by atoms with Crippen molar-refractivity contribution < 1.29 is 4.79 Å². The molecule has 0 saturated carbocycles. The molecule has 0 bridgehead atoms. The minimum absolute atomic E-state index is 0.0975. The number of alkyl halides is 1. The number of likely N-dealkylation sites (tertiary alicyclic amines) is 2. The van der Waals surface area contributed by atoms with Gasteiger partial charge in [-0.2, -0.15) is 0 Å². The van der Waals surface area contributed by atoms with Gasteiger partial charge in [-0.05, 0) is 43.3 Å². The number of hydrogen-bond acceptors (Lipinski definition) is 2. The zero-order chi connectivity index (χ0) is 14.7. The van der Waals surface area contributed by atoms with Crippen molar-refractivity contribution in [3.63, 3.8) is 0 Å². The van der Waals surface area contributed by atoms with Crippen LogP contribution in [0.3, 0.4) is 0 Å². The second-order valence-electron chi connectivity index (χ2n) is 6.46. The molecular formula is C17H23ClN2O. The summed E-state index contributed by atoms with van der Waals surface area (Å²) in [6.07, 6.45) is 3.55. The molecule has 0 aromatic heterocycles. The Morgan fingerprint density at radius 3 is 2.43 bits per heavy atom. The fraction of sp³-hybridized carbons (Fsp3) is 0.588. The Hall–Kier alpha value is -1.06. The molecule has 3 nitrogen and oxygen atoms in total. The third kappa shape index (κ3) is 3.41. The van der Waals surface area contributed by atoms with Crippen molar-refractivity contribution in [1.29, 1.82) is 0 Å². The van der Waals surface area contributed by atoms with Gasteiger partial charge in [0.15, 0.2) is 0 Å². The number of carbonyl (C=O) groups excluding carboxylic acids is 1. The Morgan fingerprint density at radius 2 is 1.76 bits per heavy atom. The largest absolute Gasteiger partial charge is 0.341 e. The van der Waals surface area contributed by atoms with E-state index < -0.39 is 0 Å². The van der Waals surface area contributed by atoms with Crippen LogP contribution in [0.25, 0.3) is 0 Å². The smallest absolute Gasteiger partial charge is 0.237 e. The minimum Gasteiger partial charge on any atom is -0.341 e. The Morgan fingerprint density at radius 1 is 1.10 bits per heavy atom. The summed E-state index contributed by atoms with van der Waals surface area (Å²) in [6.45, 7) is 5.12. The van der Waals surface area contributed by atoms with Crippen LogP contribution in [0.15, 0.2) is 30.3 Å². The molecule has 2 heterocycles. The minimum atomic E-state index is 0.0975. The molecule has 0 atom stereocenters. The van der Waals surface area contributed by atoms with Crippen LogP contribution in [0.2, 0.25) is 0 Å². The Labute approximate surface area is 131 Å². The van der Waals surface area contributed by atoms with Gasteiger partial charge >= 0.3 is 0 Å². The fourth-order valence-corrected chi connectivity index (χ4v) is 3.84. The fourth-order valence-electron chi connectivity index (χ4n) is 3.67. The highest BCUT2D eigenvalue weighted by atomic mass is 35.5. The number of amides is 1. The summed E-state index contributed by atoms with van der Waals surface area (Å²) < 4.78 is 0. The van der Waals surface area contributed by atoms with Crippen molar-refractivity contribution in [3.8, 4) is 0 Å². The van der Waals surface area contributed by atoms with Crippen LogP contribution in [0.1, 0.15) is 24.8 Å². The molecule has 0 N–H and O–H groups in total. The second kappa shape index (κ2) is 6.37. The first-order chi connectivity index (χ1) is 10.2. The molecule has 21 heavy (non-hydrogen) atoms. The van der Waals surface area contributed by atoms with Crippen LogP contribution in [-0.4, -0.2) is 47.8 Å². The molecule has 0 aliphatic carbocycles. The molecule has 1 aromatic rings. The summed E-state index contributed by atoms with van der Waals surface area (Å²) in [4.78, 5) is 16.2. The van der Waals surface area contributed by atoms with Crippen LogP contribution < -0.4 is 0 Å². The molecule has 2 saturated heterocycles. The van der Waals surface area contributed by atoms with Gasteiger partial charge in [-0.25, -0.2) is 0 Å². The summed E-state index contributed by atoms with van der Waals surface area (Å²) in [6, 6.07) is 10.7. The van der Waals surface area contributed by atoms with Crippen LogP contribution in [0.5, 0.6) is 0 Å². The highest BCUT2D eigenvalue weighted by molar-refractivity contribution is 6.27. The first-order valence-electron chi connectivity index (χ1n) is 7.81. The first kappa shape index (κ1) is 14.9. The van der Waals surface area contributed by atoms with Gasteiger partial charge in [-0.15, -0.1) is 11.6 Å². The van der Waals surface area contributed by atoms with E-state index in [9.17, 15) is 4.79 Å². The standard InChI is InChI=1S/C17H23ClN2O/c18-12-16(21)20-11-8-17(14-20)6-9-19(10-7-17)13-15-4-2-1-3-5-15/h1-5H,6-14H2. The summed E-state index contributed by atoms with van der Waals surface area (Å²) in [5.74, 6) is 0.219. The predicted molar refractivity (Wildman–Crippen MR) is 85.3 cm³/mol. The summed E-state index contributed by atoms with van der Waals surface area (Å²) >= 11 is 5.67. The monoisotopic (exact) mass is 306 g/mol. The average molecular weight is 307 g/mol. The maximum Gasteiger partial charge on any atom is 0.237 e. The molecule has 1 aromatic carbocycles. The number of benzene rings is 1. The lowest BCUT2D eigenvalue weighted by Crippen LogP contribution is -2.42. The summed E-state index contributed by atoms with van der Waals surface area (Å²) in [7, 11) is 0. The van der Waals surface area contributed by atoms with E-state index in [2.05, 4.69) is 35.2 Å². The van der Waals surface area contributed by atoms with E-state index in [1.54, 1.807) is 0 Å². The van der Waals surface area contributed by atoms with Crippen LogP contribution in [0, 0.1) is 5.41 Å². The highest BCUT2D eigenvalue weighted by Gasteiger charge is 2.41. The van der Waals surface area contributed by atoms with Gasteiger partial charge in [0.1, 0.15) is 5.88 Å². The van der Waals surface area contributed by atoms with Gasteiger partial charge in [0.05, 0.1) is 0 Å². The number of rotatable bonds is 3. The van der Waals surface area contributed by atoms with E-state index >= 15 is 0 Å². The van der Waals surface area contributed by atoms with E-state index in [0.29, 0.717) is 5.41 Å². The average Bonchev–Trinajstić information content (AvgIpc) is 2.94. The van der Waals surface area contributed by atoms with Crippen molar-refractivity contribution in [2.45, 2.75) is 25.8 Å². The van der Waals surface area contributed by atoms with E-state index in [1.807, 2.05) is 4.90 Å². The summed E-state index contributed by atoms with van der Waals surface area (Å²) in [5, 5.41) is 0. The molecule has 0 radical (unpaired) electrons. The lowest BCUT2D eigenvalue weighted by Gasteiger charge is -2.39. The maximum absolute atomic E-state index is 11.7. The van der Waals surface area contributed by atoms with Gasteiger partial charge in [0, 0.05) is 19.6 Å². The van der Waals surface area contributed by atoms with Crippen LogP contribution >= 0.6 is 11.6 Å². The lowest BCUT2D eigenvalue weighted by molar-refractivity contribution is -0.128. The Kier molecular flexibility index (Phi) is 4.51. The maximum atomic E-state index is 11.7. The number of hydrogen-bond donors (Lipinski definition) is 0. The lowest BCUT2D eigenvalue weighted by atomic mass is 9.77. The number of nitrogens with zero attached hydrogens (tertiary/aromatic N) is 2. The Balaban J connectivity index is 1.52. The van der Waals surface area contributed by atoms with Gasteiger partial charge < -0.3 is 4.90 Å². The Bertz CT molecular complexity index is 483. The van der Waals surface area contributed by atoms with E-state index in [0.717, 1.165) is 39.1 Å². The topological polar surface area (TPSA) is 23.6 Å². The molecule has 3 rings (SSSR count). The zero-order valence-corrected chi connectivity index (χ0v) is 13.2. The molecule has 114 valence electrons. The van der Waals surface area contributed by atoms with Gasteiger partial charge in [-0.3, -0.25) is 9.69 Å². The first-order valence-corrected chi connectivity index (χ1v) is 8.34. The van der Waals surface area contributed by atoms with Crippen molar-refractivity contribution >= 4 is 17.5 Å². The van der Waals surface area contributed by atoms with Crippen molar-refractivity contribution in [3.05, 3.63) is 35.9 Å². The summed E-state index contributed by atoms with van der Waals surface area (Å²) in [5.41, 5.74) is 1.74. The normalized spacial score (nSPS) is 21.9. The van der Waals surface area contributed by atoms with E-state index in [1.165, 1.54) is 18.4 Å². The molecular weight excluding hydrogens is 284 g/mol. The molecule has 1 spiro atoms. The zero-order valence-electron chi connectivity index (χ0n) is 12.4. The van der Waals surface area contributed by atoms with Crippen molar-refractivity contribution in [2.75, 3.05) is 32.1 Å². The third-order valence-electron chi connectivity index (χ3n) is 5.07. The van der Waals surface area contributed by atoms with Gasteiger partial charge in [0.25, 0.3) is 0 Å². The molecule has 2 aliphatic heterocycles.